The molecule has 1 spiro atoms. The minimum Gasteiger partial charge on any atom is -0.375 e. The van der Waals surface area contributed by atoms with Crippen LogP contribution >= 0.6 is 0 Å². The molecule has 192 valence electrons. The number of fused-ring (bicyclic) bond motifs is 1. The quantitative estimate of drug-likeness (QED) is 0.607. The highest BCUT2D eigenvalue weighted by atomic mass is 19.1. The van der Waals surface area contributed by atoms with Crippen molar-refractivity contribution in [2.75, 3.05) is 81.6 Å². The molecule has 1 aromatic heterocycles. The molecule has 7 nitrogen and oxygen atoms in total. The van der Waals surface area contributed by atoms with Crippen LogP contribution in [0.5, 0.6) is 0 Å². The normalized spacial score (nSPS) is 26.0. The zero-order valence-electron chi connectivity index (χ0n) is 21.5. The van der Waals surface area contributed by atoms with Gasteiger partial charge in [0.05, 0.1) is 11.7 Å². The van der Waals surface area contributed by atoms with E-state index in [1.165, 1.54) is 19.3 Å². The maximum atomic E-state index is 15.1. The lowest BCUT2D eigenvalue weighted by Gasteiger charge is -2.36. The smallest absolute Gasteiger partial charge is 0.147 e. The monoisotopic (exact) mass is 491 g/mol. The molecule has 0 bridgehead atoms. The number of aromatic nitrogens is 1. The Bertz CT molecular complexity index is 1120. The molecule has 4 aliphatic heterocycles. The molecule has 2 aromatic rings. The molecule has 0 saturated carbocycles. The van der Waals surface area contributed by atoms with Crippen molar-refractivity contribution < 1.29 is 4.39 Å². The first kappa shape index (κ1) is 23.6. The third-order valence-corrected chi connectivity index (χ3v) is 8.39. The van der Waals surface area contributed by atoms with E-state index in [0.717, 1.165) is 80.7 Å². The molecule has 6 rings (SSSR count). The van der Waals surface area contributed by atoms with E-state index < -0.39 is 0 Å². The molecule has 36 heavy (non-hydrogen) atoms. The summed E-state index contributed by atoms with van der Waals surface area (Å²) in [5, 5.41) is 10.7. The lowest BCUT2D eigenvalue weighted by atomic mass is 9.80. The van der Waals surface area contributed by atoms with E-state index in [1.807, 2.05) is 31.3 Å². The summed E-state index contributed by atoms with van der Waals surface area (Å²) in [4.78, 5) is 11.5. The number of hydrogen-bond donors (Lipinski definition) is 3. The first-order valence-corrected chi connectivity index (χ1v) is 13.4. The largest absolute Gasteiger partial charge is 0.375 e. The minimum atomic E-state index is -0.180. The van der Waals surface area contributed by atoms with E-state index in [-0.39, 0.29) is 11.9 Å². The fraction of sp³-hybridized carbons (Fsp3) is 0.536. The van der Waals surface area contributed by atoms with E-state index in [2.05, 4.69) is 44.0 Å². The number of nitrogens with one attached hydrogen (secondary N) is 3. The SMILES string of the molecule is CN(C)c1cc2c(cc1F)C(N1CCC3(CCCNC3)C1)=CC(c1ccc(N3CCNCC3)nc1)N2. The third-order valence-electron chi connectivity index (χ3n) is 8.39. The number of halogens is 1. The molecule has 5 heterocycles. The van der Waals surface area contributed by atoms with Gasteiger partial charge in [-0.05, 0) is 55.6 Å². The van der Waals surface area contributed by atoms with Gasteiger partial charge in [-0.15, -0.1) is 0 Å². The number of hydrogen-bond acceptors (Lipinski definition) is 7. The summed E-state index contributed by atoms with van der Waals surface area (Å²) in [6.07, 6.45) is 7.97. The minimum absolute atomic E-state index is 0.0152. The molecule has 1 aromatic carbocycles. The van der Waals surface area contributed by atoms with Gasteiger partial charge >= 0.3 is 0 Å². The van der Waals surface area contributed by atoms with Crippen LogP contribution in [-0.4, -0.2) is 76.3 Å². The molecule has 2 unspecified atom stereocenters. The molecular weight excluding hydrogens is 453 g/mol. The number of rotatable bonds is 4. The summed E-state index contributed by atoms with van der Waals surface area (Å²) in [5.41, 5.74) is 5.14. The van der Waals surface area contributed by atoms with E-state index >= 15 is 4.39 Å². The Kier molecular flexibility index (Phi) is 6.25. The highest BCUT2D eigenvalue weighted by molar-refractivity contribution is 5.82. The summed E-state index contributed by atoms with van der Waals surface area (Å²) in [5.74, 6) is 0.851. The van der Waals surface area contributed by atoms with Gasteiger partial charge in [0, 0.05) is 88.5 Å². The second-order valence-electron chi connectivity index (χ2n) is 11.1. The highest BCUT2D eigenvalue weighted by Crippen LogP contribution is 2.45. The van der Waals surface area contributed by atoms with Gasteiger partial charge in [0.2, 0.25) is 0 Å². The average Bonchev–Trinajstić information content (AvgIpc) is 3.31. The Morgan fingerprint density at radius 1 is 1.03 bits per heavy atom. The molecule has 8 heteroatoms. The molecule has 2 atom stereocenters. The maximum absolute atomic E-state index is 15.1. The maximum Gasteiger partial charge on any atom is 0.147 e. The summed E-state index contributed by atoms with van der Waals surface area (Å²) >= 11 is 0. The van der Waals surface area contributed by atoms with E-state index in [1.54, 1.807) is 6.07 Å². The Hall–Kier alpha value is -2.84. The van der Waals surface area contributed by atoms with Gasteiger partial charge < -0.3 is 30.7 Å². The molecule has 0 aliphatic carbocycles. The van der Waals surface area contributed by atoms with Gasteiger partial charge in [0.25, 0.3) is 0 Å². The van der Waals surface area contributed by atoms with Crippen LogP contribution < -0.4 is 25.8 Å². The number of pyridine rings is 1. The Morgan fingerprint density at radius 3 is 2.61 bits per heavy atom. The van der Waals surface area contributed by atoms with Crippen molar-refractivity contribution in [3.8, 4) is 0 Å². The lowest BCUT2D eigenvalue weighted by Crippen LogP contribution is -2.43. The Labute approximate surface area is 213 Å². The molecule has 3 fully saturated rings. The van der Waals surface area contributed by atoms with Crippen LogP contribution in [0.15, 0.2) is 36.5 Å². The first-order valence-electron chi connectivity index (χ1n) is 13.4. The first-order chi connectivity index (χ1) is 17.5. The predicted octanol–water partition coefficient (Wildman–Crippen LogP) is 3.28. The summed E-state index contributed by atoms with van der Waals surface area (Å²) in [6.45, 7) is 8.19. The van der Waals surface area contributed by atoms with Crippen LogP contribution in [0.1, 0.15) is 36.4 Å². The van der Waals surface area contributed by atoms with E-state index in [9.17, 15) is 0 Å². The van der Waals surface area contributed by atoms with Crippen LogP contribution in [0.4, 0.5) is 21.6 Å². The fourth-order valence-electron chi connectivity index (χ4n) is 6.33. The molecule has 3 saturated heterocycles. The number of nitrogens with zero attached hydrogens (tertiary/aromatic N) is 4. The van der Waals surface area contributed by atoms with Crippen molar-refractivity contribution in [2.45, 2.75) is 25.3 Å². The standard InChI is InChI=1S/C28H38FN7/c1-34(2)26-16-24-21(14-22(26)29)25(36-11-7-28(19-36)6-3-8-31-18-28)15-23(33-24)20-4-5-27(32-17-20)35-12-9-30-10-13-35/h4-5,14-17,23,30-31,33H,3,6-13,18-19H2,1-2H3. The van der Waals surface area contributed by atoms with Crippen molar-refractivity contribution in [1.82, 2.24) is 20.5 Å². The molecular formula is C28H38FN7. The third kappa shape index (κ3) is 4.41. The van der Waals surface area contributed by atoms with Crippen molar-refractivity contribution in [3.05, 3.63) is 53.5 Å². The average molecular weight is 492 g/mol. The number of anilines is 3. The molecule has 0 radical (unpaired) electrons. The summed E-state index contributed by atoms with van der Waals surface area (Å²) in [6, 6.07) is 7.99. The summed E-state index contributed by atoms with van der Waals surface area (Å²) in [7, 11) is 3.78. The summed E-state index contributed by atoms with van der Waals surface area (Å²) < 4.78 is 15.1. The van der Waals surface area contributed by atoms with Gasteiger partial charge in [0.15, 0.2) is 0 Å². The second kappa shape index (κ2) is 9.56. The van der Waals surface area contributed by atoms with Gasteiger partial charge in [0.1, 0.15) is 11.6 Å². The predicted molar refractivity (Wildman–Crippen MR) is 145 cm³/mol. The molecule has 4 aliphatic rings. The lowest BCUT2D eigenvalue weighted by molar-refractivity contribution is 0.221. The van der Waals surface area contributed by atoms with Crippen molar-refractivity contribution >= 4 is 22.9 Å². The van der Waals surface area contributed by atoms with Gasteiger partial charge in [-0.2, -0.15) is 0 Å². The van der Waals surface area contributed by atoms with Gasteiger partial charge in [-0.25, -0.2) is 9.37 Å². The molecule has 0 amide bonds. The second-order valence-corrected chi connectivity index (χ2v) is 11.1. The van der Waals surface area contributed by atoms with Crippen LogP contribution in [-0.2, 0) is 0 Å². The topological polar surface area (TPSA) is 58.7 Å². The number of piperazine rings is 1. The van der Waals surface area contributed by atoms with Crippen molar-refractivity contribution in [1.29, 1.82) is 0 Å². The highest BCUT2D eigenvalue weighted by Gasteiger charge is 2.41. The Balaban J connectivity index is 1.33. The number of likely N-dealkylation sites (tertiary alicyclic amines) is 1. The van der Waals surface area contributed by atoms with Crippen molar-refractivity contribution in [2.24, 2.45) is 5.41 Å². The molecule has 3 N–H and O–H groups in total. The van der Waals surface area contributed by atoms with Gasteiger partial charge in [-0.1, -0.05) is 6.07 Å². The number of piperidine rings is 1. The zero-order valence-corrected chi connectivity index (χ0v) is 21.5. The van der Waals surface area contributed by atoms with Crippen molar-refractivity contribution in [3.63, 3.8) is 0 Å². The van der Waals surface area contributed by atoms with Crippen LogP contribution in [0.25, 0.3) is 5.70 Å². The zero-order chi connectivity index (χ0) is 24.7. The Morgan fingerprint density at radius 2 is 1.89 bits per heavy atom. The van der Waals surface area contributed by atoms with E-state index in [0.29, 0.717) is 11.1 Å². The van der Waals surface area contributed by atoms with Crippen LogP contribution in [0, 0.1) is 11.2 Å². The van der Waals surface area contributed by atoms with Gasteiger partial charge in [-0.3, -0.25) is 0 Å². The van der Waals surface area contributed by atoms with Crippen LogP contribution in [0.2, 0.25) is 0 Å². The van der Waals surface area contributed by atoms with Crippen LogP contribution in [0.3, 0.4) is 0 Å². The fourth-order valence-corrected chi connectivity index (χ4v) is 6.33. The van der Waals surface area contributed by atoms with E-state index in [4.69, 9.17) is 4.98 Å². The number of benzene rings is 1.